The van der Waals surface area contributed by atoms with Crippen LogP contribution in [0, 0.1) is 6.92 Å². The van der Waals surface area contributed by atoms with Crippen LogP contribution in [0.3, 0.4) is 0 Å². The van der Waals surface area contributed by atoms with Crippen LogP contribution in [-0.2, 0) is 28.0 Å². The van der Waals surface area contributed by atoms with Crippen molar-refractivity contribution in [3.8, 4) is 5.88 Å². The minimum absolute atomic E-state index is 0.131. The molecule has 0 saturated heterocycles. The van der Waals surface area contributed by atoms with E-state index in [9.17, 15) is 8.42 Å². The van der Waals surface area contributed by atoms with Crippen molar-refractivity contribution in [2.75, 3.05) is 7.11 Å². The van der Waals surface area contributed by atoms with Gasteiger partial charge in [-0.05, 0) is 19.1 Å². The van der Waals surface area contributed by atoms with Gasteiger partial charge in [0, 0.05) is 13.1 Å². The highest BCUT2D eigenvalue weighted by atomic mass is 32.2. The van der Waals surface area contributed by atoms with Crippen molar-refractivity contribution in [1.82, 2.24) is 9.78 Å². The van der Waals surface area contributed by atoms with Crippen molar-refractivity contribution < 1.29 is 17.3 Å². The molecular formula is C13H16N2O4S. The molecule has 2 rings (SSSR count). The van der Waals surface area contributed by atoms with E-state index in [2.05, 4.69) is 5.10 Å². The van der Waals surface area contributed by atoms with Crippen LogP contribution in [0.15, 0.2) is 35.2 Å². The van der Waals surface area contributed by atoms with Gasteiger partial charge in [0.25, 0.3) is 10.1 Å². The second kappa shape index (κ2) is 5.64. The largest absolute Gasteiger partial charge is 0.481 e. The van der Waals surface area contributed by atoms with Gasteiger partial charge >= 0.3 is 0 Å². The molecule has 108 valence electrons. The lowest BCUT2D eigenvalue weighted by Crippen LogP contribution is -2.07. The Hall–Kier alpha value is -1.86. The number of nitrogens with zero attached hydrogens (tertiary/aromatic N) is 2. The average molecular weight is 296 g/mol. The summed E-state index contributed by atoms with van der Waals surface area (Å²) in [6.07, 6.45) is 0. The molecule has 0 atom stereocenters. The number of ether oxygens (including phenoxy) is 1. The molecule has 1 aromatic carbocycles. The number of hydrogen-bond donors (Lipinski definition) is 0. The summed E-state index contributed by atoms with van der Waals surface area (Å²) in [7, 11) is -0.552. The number of methoxy groups -OCH3 is 1. The number of aryl methyl sites for hydroxylation is 2. The van der Waals surface area contributed by atoms with Gasteiger partial charge in [-0.2, -0.15) is 13.5 Å². The molecule has 2 aromatic rings. The molecule has 0 aliphatic carbocycles. The topological polar surface area (TPSA) is 70.4 Å². The predicted octanol–water partition coefficient (Wildman–Crippen LogP) is 1.64. The summed E-state index contributed by atoms with van der Waals surface area (Å²) in [4.78, 5) is 0.131. The van der Waals surface area contributed by atoms with Crippen LogP contribution in [0.5, 0.6) is 5.88 Å². The summed E-state index contributed by atoms with van der Waals surface area (Å²) in [5.74, 6) is 0.538. The van der Waals surface area contributed by atoms with Crippen molar-refractivity contribution in [1.29, 1.82) is 0 Å². The van der Waals surface area contributed by atoms with E-state index in [1.807, 2.05) is 6.92 Å². The number of aromatic nitrogens is 2. The SMILES string of the molecule is COc1cc(COS(=O)(=O)c2ccc(C)cc2)nn1C. The van der Waals surface area contributed by atoms with Crippen molar-refractivity contribution in [2.24, 2.45) is 7.05 Å². The normalized spacial score (nSPS) is 11.6. The first-order valence-electron chi connectivity index (χ1n) is 5.95. The summed E-state index contributed by atoms with van der Waals surface area (Å²) >= 11 is 0. The molecule has 0 radical (unpaired) electrons. The lowest BCUT2D eigenvalue weighted by atomic mass is 10.2. The van der Waals surface area contributed by atoms with Crippen molar-refractivity contribution in [3.05, 3.63) is 41.6 Å². The van der Waals surface area contributed by atoms with Crippen LogP contribution in [0.25, 0.3) is 0 Å². The highest BCUT2D eigenvalue weighted by Gasteiger charge is 2.16. The molecule has 7 heteroatoms. The zero-order valence-corrected chi connectivity index (χ0v) is 12.3. The van der Waals surface area contributed by atoms with Gasteiger partial charge in [-0.15, -0.1) is 0 Å². The summed E-state index contributed by atoms with van der Waals surface area (Å²) in [5, 5.41) is 4.09. The first-order chi connectivity index (χ1) is 9.42. The Kier molecular flexibility index (Phi) is 4.10. The van der Waals surface area contributed by atoms with Crippen molar-refractivity contribution >= 4 is 10.1 Å². The standard InChI is InChI=1S/C13H16N2O4S/c1-10-4-6-12(7-5-10)20(16,17)19-9-11-8-13(18-3)15(2)14-11/h4-8H,9H2,1-3H3. The fourth-order valence-electron chi connectivity index (χ4n) is 1.68. The molecule has 0 amide bonds. The van der Waals surface area contributed by atoms with Gasteiger partial charge < -0.3 is 4.74 Å². The fraction of sp³-hybridized carbons (Fsp3) is 0.308. The molecule has 0 saturated carbocycles. The maximum absolute atomic E-state index is 12.0. The molecule has 0 N–H and O–H groups in total. The first-order valence-corrected chi connectivity index (χ1v) is 7.36. The third-order valence-electron chi connectivity index (χ3n) is 2.77. The second-order valence-electron chi connectivity index (χ2n) is 4.33. The Morgan fingerprint density at radius 1 is 1.25 bits per heavy atom. The summed E-state index contributed by atoms with van der Waals surface area (Å²) in [6.45, 7) is 1.75. The summed E-state index contributed by atoms with van der Waals surface area (Å²) in [6, 6.07) is 8.11. The molecule has 0 aliphatic heterocycles. The molecular weight excluding hydrogens is 280 g/mol. The van der Waals surface area contributed by atoms with Crippen molar-refractivity contribution in [2.45, 2.75) is 18.4 Å². The third kappa shape index (κ3) is 3.17. The van der Waals surface area contributed by atoms with E-state index in [0.717, 1.165) is 5.56 Å². The Bertz CT molecular complexity index is 690. The smallest absolute Gasteiger partial charge is 0.297 e. The third-order valence-corrected chi connectivity index (χ3v) is 4.05. The van der Waals surface area contributed by atoms with E-state index < -0.39 is 10.1 Å². The van der Waals surface area contributed by atoms with Crippen molar-refractivity contribution in [3.63, 3.8) is 0 Å². The first kappa shape index (κ1) is 14.5. The molecule has 0 spiro atoms. The van der Waals surface area contributed by atoms with Crippen LogP contribution in [0.1, 0.15) is 11.3 Å². The quantitative estimate of drug-likeness (QED) is 0.784. The summed E-state index contributed by atoms with van der Waals surface area (Å²) in [5.41, 5.74) is 1.47. The Morgan fingerprint density at radius 3 is 2.45 bits per heavy atom. The van der Waals surface area contributed by atoms with Crippen LogP contribution in [0.2, 0.25) is 0 Å². The van der Waals surface area contributed by atoms with Crippen LogP contribution in [0.4, 0.5) is 0 Å². The number of rotatable bonds is 5. The van der Waals surface area contributed by atoms with Gasteiger partial charge in [0.05, 0.1) is 17.7 Å². The minimum Gasteiger partial charge on any atom is -0.481 e. The van der Waals surface area contributed by atoms with Crippen LogP contribution < -0.4 is 4.74 Å². The van der Waals surface area contributed by atoms with Gasteiger partial charge in [-0.3, -0.25) is 4.18 Å². The molecule has 1 aromatic heterocycles. The van der Waals surface area contributed by atoms with E-state index in [1.54, 1.807) is 25.2 Å². The average Bonchev–Trinajstić information content (AvgIpc) is 2.78. The highest BCUT2D eigenvalue weighted by molar-refractivity contribution is 7.86. The van der Waals surface area contributed by atoms with Gasteiger partial charge in [0.15, 0.2) is 0 Å². The lowest BCUT2D eigenvalue weighted by molar-refractivity contribution is 0.302. The van der Waals surface area contributed by atoms with Gasteiger partial charge in [0.1, 0.15) is 6.61 Å². The van der Waals surface area contributed by atoms with E-state index >= 15 is 0 Å². The Morgan fingerprint density at radius 2 is 1.90 bits per heavy atom. The zero-order chi connectivity index (χ0) is 14.8. The zero-order valence-electron chi connectivity index (χ0n) is 11.5. The maximum Gasteiger partial charge on any atom is 0.297 e. The number of benzene rings is 1. The van der Waals surface area contributed by atoms with Crippen LogP contribution >= 0.6 is 0 Å². The van der Waals surface area contributed by atoms with E-state index in [-0.39, 0.29) is 11.5 Å². The predicted molar refractivity (Wildman–Crippen MR) is 72.9 cm³/mol. The summed E-state index contributed by atoms with van der Waals surface area (Å²) < 4.78 is 35.5. The monoisotopic (exact) mass is 296 g/mol. The van der Waals surface area contributed by atoms with Gasteiger partial charge in [-0.1, -0.05) is 17.7 Å². The van der Waals surface area contributed by atoms with E-state index in [0.29, 0.717) is 11.6 Å². The Labute approximate surface area is 118 Å². The Balaban J connectivity index is 2.10. The maximum atomic E-state index is 12.0. The molecule has 0 aliphatic rings. The van der Waals surface area contributed by atoms with Gasteiger partial charge in [0.2, 0.25) is 5.88 Å². The molecule has 6 nitrogen and oxygen atoms in total. The second-order valence-corrected chi connectivity index (χ2v) is 5.95. The van der Waals surface area contributed by atoms with E-state index in [1.165, 1.54) is 23.9 Å². The van der Waals surface area contributed by atoms with E-state index in [4.69, 9.17) is 8.92 Å². The highest BCUT2D eigenvalue weighted by Crippen LogP contribution is 2.17. The van der Waals surface area contributed by atoms with Gasteiger partial charge in [-0.25, -0.2) is 4.68 Å². The lowest BCUT2D eigenvalue weighted by Gasteiger charge is -2.04. The molecule has 0 unspecified atom stereocenters. The van der Waals surface area contributed by atoms with Crippen LogP contribution in [-0.4, -0.2) is 25.3 Å². The molecule has 0 bridgehead atoms. The minimum atomic E-state index is -3.78. The fourth-order valence-corrected chi connectivity index (χ4v) is 2.56. The molecule has 20 heavy (non-hydrogen) atoms. The molecule has 0 fully saturated rings. The molecule has 1 heterocycles. The number of hydrogen-bond acceptors (Lipinski definition) is 5.